The van der Waals surface area contributed by atoms with Gasteiger partial charge in [0.25, 0.3) is 0 Å². The number of unbranched alkanes of at least 4 members (excludes halogenated alkanes) is 57. The minimum Gasteiger partial charge on any atom is -0.394 e. The fourth-order valence-electron chi connectivity index (χ4n) is 12.5. The molecule has 0 aliphatic carbocycles. The lowest BCUT2D eigenvalue weighted by molar-refractivity contribution is -0.302. The molecule has 1 saturated heterocycles. The fourth-order valence-corrected chi connectivity index (χ4v) is 12.5. The van der Waals surface area contributed by atoms with Gasteiger partial charge in [-0.2, -0.15) is 0 Å². The van der Waals surface area contributed by atoms with Crippen molar-refractivity contribution in [2.24, 2.45) is 0 Å². The molecule has 7 unspecified atom stereocenters. The third-order valence-electron chi connectivity index (χ3n) is 18.4. The number of nitrogens with one attached hydrogen (secondary N) is 1. The summed E-state index contributed by atoms with van der Waals surface area (Å²) in [5, 5.41) is 54.8. The topological polar surface area (TPSA) is 149 Å². The highest BCUT2D eigenvalue weighted by atomic mass is 16.7. The Morgan fingerprint density at radius 3 is 0.940 bits per heavy atom. The maximum atomic E-state index is 13.1. The molecule has 1 amide bonds. The number of carbonyl (C=O) groups excluding carboxylic acids is 1. The first kappa shape index (κ1) is 79.9. The minimum atomic E-state index is -1.56. The molecule has 9 nitrogen and oxygen atoms in total. The van der Waals surface area contributed by atoms with E-state index in [2.05, 4.69) is 19.2 Å². The Labute approximate surface area is 516 Å². The summed E-state index contributed by atoms with van der Waals surface area (Å²) in [7, 11) is 0. The number of ether oxygens (including phenoxy) is 2. The van der Waals surface area contributed by atoms with E-state index < -0.39 is 49.5 Å². The average molecular weight is 1180 g/mol. The molecule has 1 aliphatic heterocycles. The molecule has 0 radical (unpaired) electrons. The van der Waals surface area contributed by atoms with Gasteiger partial charge < -0.3 is 40.3 Å². The number of hydrogen-bond donors (Lipinski definition) is 6. The molecule has 0 aromatic heterocycles. The lowest BCUT2D eigenvalue weighted by atomic mass is 9.99. The van der Waals surface area contributed by atoms with Crippen molar-refractivity contribution in [2.45, 2.75) is 442 Å². The largest absolute Gasteiger partial charge is 0.394 e. The third kappa shape index (κ3) is 52.6. The van der Waals surface area contributed by atoms with Gasteiger partial charge in [-0.25, -0.2) is 0 Å². The number of amides is 1. The molecule has 7 atom stereocenters. The predicted molar refractivity (Wildman–Crippen MR) is 355 cm³/mol. The summed E-state index contributed by atoms with van der Waals surface area (Å²) < 4.78 is 11.3. The molecule has 83 heavy (non-hydrogen) atoms. The number of carbonyl (C=O) groups is 1. The molecule has 494 valence electrons. The van der Waals surface area contributed by atoms with Crippen LogP contribution in [-0.4, -0.2) is 87.5 Å². The Morgan fingerprint density at radius 1 is 0.398 bits per heavy atom. The van der Waals surface area contributed by atoms with Gasteiger partial charge in [-0.3, -0.25) is 4.79 Å². The van der Waals surface area contributed by atoms with Gasteiger partial charge in [0.2, 0.25) is 5.91 Å². The van der Waals surface area contributed by atoms with E-state index in [0.29, 0.717) is 6.42 Å². The van der Waals surface area contributed by atoms with E-state index in [1.165, 1.54) is 340 Å². The minimum absolute atomic E-state index is 0.166. The van der Waals surface area contributed by atoms with Crippen LogP contribution in [0.25, 0.3) is 0 Å². The van der Waals surface area contributed by atoms with Crippen molar-refractivity contribution in [1.29, 1.82) is 0 Å². The number of aliphatic hydroxyl groups is 5. The van der Waals surface area contributed by atoms with Crippen molar-refractivity contribution in [1.82, 2.24) is 5.32 Å². The van der Waals surface area contributed by atoms with Crippen LogP contribution in [0.2, 0.25) is 0 Å². The van der Waals surface area contributed by atoms with Crippen LogP contribution in [-0.2, 0) is 14.3 Å². The van der Waals surface area contributed by atoms with Crippen LogP contribution in [0.1, 0.15) is 399 Å². The Kier molecular flexibility index (Phi) is 61.6. The van der Waals surface area contributed by atoms with Crippen LogP contribution in [0.3, 0.4) is 0 Å². The van der Waals surface area contributed by atoms with Crippen LogP contribution < -0.4 is 5.32 Å². The summed E-state index contributed by atoms with van der Waals surface area (Å²) in [4.78, 5) is 13.1. The Balaban J connectivity index is 2.04. The second kappa shape index (κ2) is 63.9. The normalized spacial score (nSPS) is 18.2. The molecular weight excluding hydrogens is 1030 g/mol. The van der Waals surface area contributed by atoms with Gasteiger partial charge in [-0.15, -0.1) is 0 Å². The zero-order chi connectivity index (χ0) is 60.0. The molecule has 0 aromatic carbocycles. The van der Waals surface area contributed by atoms with Crippen LogP contribution in [0.15, 0.2) is 12.2 Å². The van der Waals surface area contributed by atoms with Gasteiger partial charge in [-0.1, -0.05) is 386 Å². The fraction of sp³-hybridized carbons (Fsp3) is 0.959. The van der Waals surface area contributed by atoms with Crippen molar-refractivity contribution in [3.8, 4) is 0 Å². The predicted octanol–water partition coefficient (Wildman–Crippen LogP) is 20.7. The Morgan fingerprint density at radius 2 is 0.663 bits per heavy atom. The standard InChI is InChI=1S/C74H145NO8/c1-3-5-7-9-11-13-15-17-19-21-23-25-27-28-29-30-31-32-33-34-35-36-37-38-39-40-41-42-44-46-48-50-52-54-56-58-60-62-64-70(78)75-67(66-82-74-73(81)72(80)71(79)69(65-76)83-74)68(77)63-61-59-57-55-53-51-49-47-45-43-26-24-22-20-18-16-14-12-10-8-6-4-2/h61,63,67-69,71-74,76-77,79-81H,3-60,62,64-66H2,1-2H3,(H,75,78)/b63-61+. The second-order valence-electron chi connectivity index (χ2n) is 26.5. The first-order valence-corrected chi connectivity index (χ1v) is 37.4. The van der Waals surface area contributed by atoms with E-state index >= 15 is 0 Å². The zero-order valence-electron chi connectivity index (χ0n) is 55.5. The number of aliphatic hydroxyl groups excluding tert-OH is 5. The third-order valence-corrected chi connectivity index (χ3v) is 18.4. The monoisotopic (exact) mass is 1180 g/mol. The van der Waals surface area contributed by atoms with Crippen LogP contribution in [0, 0.1) is 0 Å². The Bertz CT molecular complexity index is 1320. The van der Waals surface area contributed by atoms with Crippen molar-refractivity contribution in [3.05, 3.63) is 12.2 Å². The summed E-state index contributed by atoms with van der Waals surface area (Å²) in [6.07, 6.45) is 76.4. The highest BCUT2D eigenvalue weighted by Gasteiger charge is 2.44. The van der Waals surface area contributed by atoms with Gasteiger partial charge >= 0.3 is 0 Å². The zero-order valence-corrected chi connectivity index (χ0v) is 55.5. The number of allylic oxidation sites excluding steroid dienone is 1. The first-order valence-electron chi connectivity index (χ1n) is 37.4. The quantitative estimate of drug-likeness (QED) is 0.0261. The van der Waals surface area contributed by atoms with Crippen molar-refractivity contribution < 1.29 is 39.8 Å². The lowest BCUT2D eigenvalue weighted by Crippen LogP contribution is -2.60. The van der Waals surface area contributed by atoms with E-state index in [1.54, 1.807) is 6.08 Å². The summed E-state index contributed by atoms with van der Waals surface area (Å²) in [5.74, 6) is -0.166. The van der Waals surface area contributed by atoms with Crippen molar-refractivity contribution in [3.63, 3.8) is 0 Å². The number of rotatable bonds is 67. The van der Waals surface area contributed by atoms with Crippen molar-refractivity contribution in [2.75, 3.05) is 13.2 Å². The molecule has 0 bridgehead atoms. The van der Waals surface area contributed by atoms with Gasteiger partial charge in [0, 0.05) is 6.42 Å². The van der Waals surface area contributed by atoms with Gasteiger partial charge in [0.15, 0.2) is 6.29 Å². The molecule has 0 aromatic rings. The van der Waals surface area contributed by atoms with Gasteiger partial charge in [0.1, 0.15) is 24.4 Å². The summed E-state index contributed by atoms with van der Waals surface area (Å²) in [6.45, 7) is 3.85. The molecule has 0 spiro atoms. The van der Waals surface area contributed by atoms with Crippen molar-refractivity contribution >= 4 is 5.91 Å². The Hall–Kier alpha value is -1.07. The van der Waals surface area contributed by atoms with E-state index in [-0.39, 0.29) is 12.5 Å². The van der Waals surface area contributed by atoms with E-state index in [1.807, 2.05) is 6.08 Å². The highest BCUT2D eigenvalue weighted by molar-refractivity contribution is 5.76. The first-order chi connectivity index (χ1) is 40.8. The maximum absolute atomic E-state index is 13.1. The summed E-state index contributed by atoms with van der Waals surface area (Å²) in [6, 6.07) is -0.802. The molecule has 0 saturated carbocycles. The molecular formula is C74H145NO8. The molecule has 1 heterocycles. The summed E-state index contributed by atoms with van der Waals surface area (Å²) in [5.41, 5.74) is 0. The molecule has 9 heteroatoms. The van der Waals surface area contributed by atoms with Crippen LogP contribution in [0.4, 0.5) is 0 Å². The maximum Gasteiger partial charge on any atom is 0.220 e. The van der Waals surface area contributed by atoms with E-state index in [0.717, 1.165) is 38.5 Å². The van der Waals surface area contributed by atoms with E-state index in [9.17, 15) is 30.3 Å². The molecule has 1 rings (SSSR count). The number of hydrogen-bond acceptors (Lipinski definition) is 8. The molecule has 1 fully saturated rings. The van der Waals surface area contributed by atoms with Gasteiger partial charge in [-0.05, 0) is 19.3 Å². The SMILES string of the molecule is CCCCCCCCCCCCCCCCCCCCCC/C=C/C(O)C(COC1OC(CO)C(O)C(O)C1O)NC(=O)CCCCCCCCCCCCCCCCCCCCCCCCCCCCCCCCCCCCCCCC. The molecule has 6 N–H and O–H groups in total. The lowest BCUT2D eigenvalue weighted by Gasteiger charge is -2.40. The van der Waals surface area contributed by atoms with E-state index in [4.69, 9.17) is 9.47 Å². The molecule has 1 aliphatic rings. The highest BCUT2D eigenvalue weighted by Crippen LogP contribution is 2.24. The van der Waals surface area contributed by atoms with Gasteiger partial charge in [0.05, 0.1) is 25.4 Å². The summed E-state index contributed by atoms with van der Waals surface area (Å²) >= 11 is 0. The van der Waals surface area contributed by atoms with Crippen LogP contribution in [0.5, 0.6) is 0 Å². The second-order valence-corrected chi connectivity index (χ2v) is 26.5. The van der Waals surface area contributed by atoms with Crippen LogP contribution >= 0.6 is 0 Å². The smallest absolute Gasteiger partial charge is 0.220 e. The average Bonchev–Trinajstić information content (AvgIpc) is 3.49.